The van der Waals surface area contributed by atoms with Gasteiger partial charge in [-0.05, 0) is 36.6 Å². The quantitative estimate of drug-likeness (QED) is 0.281. The third-order valence-corrected chi connectivity index (χ3v) is 5.94. The van der Waals surface area contributed by atoms with Crippen molar-refractivity contribution in [1.29, 1.82) is 0 Å². The molecule has 1 amide bonds. The average molecular weight is 423 g/mol. The topological polar surface area (TPSA) is 41.1 Å². The first kappa shape index (κ1) is 25.1. The number of nitrogens with one attached hydrogen (secondary N) is 2. The molecule has 0 fully saturated rings. The van der Waals surface area contributed by atoms with E-state index in [9.17, 15) is 4.79 Å². The largest absolute Gasteiger partial charge is 0.352 e. The molecule has 0 aromatic heterocycles. The highest BCUT2D eigenvalue weighted by Crippen LogP contribution is 2.13. The highest BCUT2D eigenvalue weighted by atomic mass is 16.1. The number of hydrogen-bond acceptors (Lipinski definition) is 2. The van der Waals surface area contributed by atoms with Crippen LogP contribution in [0.3, 0.4) is 0 Å². The van der Waals surface area contributed by atoms with Crippen molar-refractivity contribution in [2.45, 2.75) is 90.6 Å². The van der Waals surface area contributed by atoms with Crippen LogP contribution >= 0.6 is 0 Å². The highest BCUT2D eigenvalue weighted by Gasteiger charge is 2.06. The van der Waals surface area contributed by atoms with E-state index in [-0.39, 0.29) is 5.91 Å². The number of carbonyl (C=O) groups is 1. The molecule has 2 aromatic carbocycles. The van der Waals surface area contributed by atoms with Crippen LogP contribution in [-0.2, 0) is 6.54 Å². The van der Waals surface area contributed by atoms with Gasteiger partial charge in [0.05, 0.1) is 0 Å². The van der Waals surface area contributed by atoms with E-state index < -0.39 is 0 Å². The summed E-state index contributed by atoms with van der Waals surface area (Å²) in [7, 11) is 0. The zero-order valence-corrected chi connectivity index (χ0v) is 19.7. The summed E-state index contributed by atoms with van der Waals surface area (Å²) in [4.78, 5) is 12.3. The molecule has 1 atom stereocenters. The van der Waals surface area contributed by atoms with E-state index in [4.69, 9.17) is 0 Å². The van der Waals surface area contributed by atoms with Crippen molar-refractivity contribution in [1.82, 2.24) is 10.6 Å². The summed E-state index contributed by atoms with van der Waals surface area (Å²) in [6, 6.07) is 18.7. The van der Waals surface area contributed by atoms with E-state index in [2.05, 4.69) is 48.7 Å². The van der Waals surface area contributed by atoms with Crippen LogP contribution in [-0.4, -0.2) is 12.5 Å². The lowest BCUT2D eigenvalue weighted by molar-refractivity contribution is 0.0953. The normalized spacial score (nSPS) is 11.9. The van der Waals surface area contributed by atoms with Gasteiger partial charge in [0.25, 0.3) is 5.91 Å². The van der Waals surface area contributed by atoms with E-state index in [0.717, 1.165) is 25.1 Å². The maximum atomic E-state index is 12.3. The van der Waals surface area contributed by atoms with Crippen LogP contribution in [0.4, 0.5) is 0 Å². The lowest BCUT2D eigenvalue weighted by Crippen LogP contribution is -2.24. The van der Waals surface area contributed by atoms with Gasteiger partial charge in [-0.15, -0.1) is 0 Å². The number of amides is 1. The van der Waals surface area contributed by atoms with Gasteiger partial charge in [-0.2, -0.15) is 0 Å². The second kappa shape index (κ2) is 15.6. The molecule has 0 spiro atoms. The summed E-state index contributed by atoms with van der Waals surface area (Å²) in [6.07, 6.45) is 13.1. The van der Waals surface area contributed by atoms with Gasteiger partial charge in [0.15, 0.2) is 0 Å². The Morgan fingerprint density at radius 2 is 1.35 bits per heavy atom. The van der Waals surface area contributed by atoms with Crippen LogP contribution in [0.15, 0.2) is 54.6 Å². The van der Waals surface area contributed by atoms with Gasteiger partial charge >= 0.3 is 0 Å². The molecule has 0 heterocycles. The summed E-state index contributed by atoms with van der Waals surface area (Å²) in [5.41, 5.74) is 3.21. The van der Waals surface area contributed by atoms with Gasteiger partial charge in [0.2, 0.25) is 0 Å². The number of carbonyl (C=O) groups excluding carboxylic acids is 1. The van der Waals surface area contributed by atoms with E-state index in [1.54, 1.807) is 0 Å². The van der Waals surface area contributed by atoms with Crippen molar-refractivity contribution in [2.75, 3.05) is 6.54 Å². The number of unbranched alkanes of at least 4 members (excludes halogenated alkanes) is 9. The SMILES string of the molecule is CCCCCCCCCCCCNC(=O)c1ccc(CNC(C)c2ccccc2)cc1. The summed E-state index contributed by atoms with van der Waals surface area (Å²) in [5, 5.41) is 6.60. The summed E-state index contributed by atoms with van der Waals surface area (Å²) in [5.74, 6) is 0.0353. The minimum atomic E-state index is 0.0353. The molecular weight excluding hydrogens is 380 g/mol. The van der Waals surface area contributed by atoms with Crippen LogP contribution in [0, 0.1) is 0 Å². The van der Waals surface area contributed by atoms with E-state index >= 15 is 0 Å². The molecule has 0 radical (unpaired) electrons. The molecule has 1 unspecified atom stereocenters. The third kappa shape index (κ3) is 10.6. The van der Waals surface area contributed by atoms with Crippen molar-refractivity contribution in [3.05, 3.63) is 71.3 Å². The monoisotopic (exact) mass is 422 g/mol. The lowest BCUT2D eigenvalue weighted by Gasteiger charge is -2.14. The Kier molecular flexibility index (Phi) is 12.7. The molecule has 0 aliphatic heterocycles. The molecule has 3 heteroatoms. The molecule has 2 N–H and O–H groups in total. The van der Waals surface area contributed by atoms with Gasteiger partial charge < -0.3 is 10.6 Å². The molecule has 0 saturated carbocycles. The van der Waals surface area contributed by atoms with Crippen molar-refractivity contribution < 1.29 is 4.79 Å². The number of hydrogen-bond donors (Lipinski definition) is 2. The summed E-state index contributed by atoms with van der Waals surface area (Å²) < 4.78 is 0. The van der Waals surface area contributed by atoms with Crippen LogP contribution in [0.25, 0.3) is 0 Å². The Labute approximate surface area is 190 Å². The number of benzene rings is 2. The molecule has 31 heavy (non-hydrogen) atoms. The Morgan fingerprint density at radius 3 is 1.97 bits per heavy atom. The second-order valence-electron chi connectivity index (χ2n) is 8.65. The molecule has 2 rings (SSSR count). The van der Waals surface area contributed by atoms with Crippen molar-refractivity contribution in [3.63, 3.8) is 0 Å². The maximum absolute atomic E-state index is 12.3. The Morgan fingerprint density at radius 1 is 0.774 bits per heavy atom. The Hall–Kier alpha value is -2.13. The van der Waals surface area contributed by atoms with Crippen LogP contribution in [0.2, 0.25) is 0 Å². The standard InChI is InChI=1S/C28H42N2O/c1-3-4-5-6-7-8-9-10-11-15-22-29-28(31)27-20-18-25(19-21-27)23-30-24(2)26-16-13-12-14-17-26/h12-14,16-21,24,30H,3-11,15,22-23H2,1-2H3,(H,29,31). The van der Waals surface area contributed by atoms with Crippen molar-refractivity contribution >= 4 is 5.91 Å². The highest BCUT2D eigenvalue weighted by molar-refractivity contribution is 5.94. The summed E-state index contributed by atoms with van der Waals surface area (Å²) >= 11 is 0. The smallest absolute Gasteiger partial charge is 0.251 e. The van der Waals surface area contributed by atoms with E-state index in [1.165, 1.54) is 68.9 Å². The molecule has 0 aliphatic rings. The fraction of sp³-hybridized carbons (Fsp3) is 0.536. The predicted octanol–water partition coefficient (Wildman–Crippen LogP) is 7.19. The van der Waals surface area contributed by atoms with Gasteiger partial charge in [-0.1, -0.05) is 107 Å². The zero-order valence-electron chi connectivity index (χ0n) is 19.7. The third-order valence-electron chi connectivity index (χ3n) is 5.94. The first-order valence-corrected chi connectivity index (χ1v) is 12.4. The fourth-order valence-corrected chi connectivity index (χ4v) is 3.82. The molecule has 2 aromatic rings. The Bertz CT molecular complexity index is 712. The van der Waals surface area contributed by atoms with Gasteiger partial charge in [-0.25, -0.2) is 0 Å². The van der Waals surface area contributed by atoms with Gasteiger partial charge in [0.1, 0.15) is 0 Å². The van der Waals surface area contributed by atoms with Crippen molar-refractivity contribution in [2.24, 2.45) is 0 Å². The first-order chi connectivity index (χ1) is 15.2. The number of rotatable bonds is 16. The molecular formula is C28H42N2O. The lowest BCUT2D eigenvalue weighted by atomic mass is 10.1. The molecule has 0 saturated heterocycles. The zero-order chi connectivity index (χ0) is 22.2. The van der Waals surface area contributed by atoms with Crippen LogP contribution in [0.1, 0.15) is 106 Å². The van der Waals surface area contributed by atoms with Crippen LogP contribution in [0.5, 0.6) is 0 Å². The minimum absolute atomic E-state index is 0.0353. The molecule has 170 valence electrons. The van der Waals surface area contributed by atoms with Gasteiger partial charge in [0, 0.05) is 24.7 Å². The van der Waals surface area contributed by atoms with Gasteiger partial charge in [-0.3, -0.25) is 4.79 Å². The minimum Gasteiger partial charge on any atom is -0.352 e. The fourth-order valence-electron chi connectivity index (χ4n) is 3.82. The maximum Gasteiger partial charge on any atom is 0.251 e. The molecule has 0 aliphatic carbocycles. The first-order valence-electron chi connectivity index (χ1n) is 12.4. The second-order valence-corrected chi connectivity index (χ2v) is 8.65. The Balaban J connectivity index is 1.55. The molecule has 3 nitrogen and oxygen atoms in total. The van der Waals surface area contributed by atoms with E-state index in [1.807, 2.05) is 30.3 Å². The van der Waals surface area contributed by atoms with Crippen molar-refractivity contribution in [3.8, 4) is 0 Å². The molecule has 0 bridgehead atoms. The average Bonchev–Trinajstić information content (AvgIpc) is 2.81. The van der Waals surface area contributed by atoms with Crippen LogP contribution < -0.4 is 10.6 Å². The predicted molar refractivity (Wildman–Crippen MR) is 132 cm³/mol. The summed E-state index contributed by atoms with van der Waals surface area (Å²) in [6.45, 7) is 5.99. The van der Waals surface area contributed by atoms with E-state index in [0.29, 0.717) is 6.04 Å².